The van der Waals surface area contributed by atoms with Crippen molar-refractivity contribution >= 4 is 50.6 Å². The number of anilines is 1. The third kappa shape index (κ3) is 3.27. The molecule has 2 aromatic rings. The van der Waals surface area contributed by atoms with Crippen LogP contribution in [-0.4, -0.2) is 27.5 Å². The van der Waals surface area contributed by atoms with Crippen LogP contribution in [-0.2, 0) is 4.79 Å². The van der Waals surface area contributed by atoms with Gasteiger partial charge in [-0.1, -0.05) is 18.2 Å². The minimum atomic E-state index is -0.0740. The maximum Gasteiger partial charge on any atom is 0.267 e. The third-order valence-electron chi connectivity index (χ3n) is 3.45. The number of rotatable bonds is 4. The lowest BCUT2D eigenvalue weighted by Gasteiger charge is -2.12. The molecule has 0 radical (unpaired) electrons. The van der Waals surface area contributed by atoms with Crippen LogP contribution in [0.3, 0.4) is 0 Å². The third-order valence-corrected chi connectivity index (χ3v) is 5.29. The molecule has 122 valence electrons. The first-order chi connectivity index (χ1) is 11.6. The molecule has 3 rings (SSSR count). The van der Waals surface area contributed by atoms with Gasteiger partial charge in [-0.25, -0.2) is 4.98 Å². The lowest BCUT2D eigenvalue weighted by molar-refractivity contribution is -0.121. The molecule has 1 aliphatic heterocycles. The summed E-state index contributed by atoms with van der Waals surface area (Å²) in [5.74, 6) is -0.0740. The summed E-state index contributed by atoms with van der Waals surface area (Å²) in [6.45, 7) is 6.06. The SMILES string of the molecule is C=CCN1C(=O)/C(=C(\C)c2cccc(N)c2)S/C1=N/c1nccs1. The van der Waals surface area contributed by atoms with Gasteiger partial charge in [-0.2, -0.15) is 4.99 Å². The Kier molecular flexibility index (Phi) is 4.82. The number of carbonyl (C=O) groups is 1. The number of amidine groups is 1. The van der Waals surface area contributed by atoms with Crippen LogP contribution in [0.1, 0.15) is 12.5 Å². The van der Waals surface area contributed by atoms with Gasteiger partial charge in [-0.15, -0.1) is 17.9 Å². The zero-order chi connectivity index (χ0) is 17.1. The number of thioether (sulfide) groups is 1. The Bertz CT molecular complexity index is 840. The highest BCUT2D eigenvalue weighted by atomic mass is 32.2. The van der Waals surface area contributed by atoms with Gasteiger partial charge in [0.05, 0.1) is 4.91 Å². The summed E-state index contributed by atoms with van der Waals surface area (Å²) in [4.78, 5) is 23.7. The molecule has 1 aliphatic rings. The maximum atomic E-state index is 12.8. The number of nitrogens with zero attached hydrogens (tertiary/aromatic N) is 3. The van der Waals surface area contributed by atoms with Gasteiger partial charge < -0.3 is 5.73 Å². The molecular formula is C17H16N4OS2. The smallest absolute Gasteiger partial charge is 0.267 e. The number of hydrogen-bond donors (Lipinski definition) is 1. The molecule has 5 nitrogen and oxygen atoms in total. The number of hydrogen-bond acceptors (Lipinski definition) is 6. The fraction of sp³-hybridized carbons (Fsp3) is 0.118. The van der Waals surface area contributed by atoms with Crippen LogP contribution < -0.4 is 5.73 Å². The number of amides is 1. The molecule has 2 N–H and O–H groups in total. The number of benzene rings is 1. The van der Waals surface area contributed by atoms with E-state index in [0.717, 1.165) is 11.1 Å². The highest BCUT2D eigenvalue weighted by Gasteiger charge is 2.34. The van der Waals surface area contributed by atoms with Crippen molar-refractivity contribution in [3.63, 3.8) is 0 Å². The molecule has 7 heteroatoms. The van der Waals surface area contributed by atoms with E-state index >= 15 is 0 Å². The van der Waals surface area contributed by atoms with E-state index in [2.05, 4.69) is 16.6 Å². The van der Waals surface area contributed by atoms with Crippen LogP contribution >= 0.6 is 23.1 Å². The normalized spacial score (nSPS) is 18.3. The number of aliphatic imine (C=N–C) groups is 1. The molecule has 0 bridgehead atoms. The second-order valence-corrected chi connectivity index (χ2v) is 6.95. The number of allylic oxidation sites excluding steroid dienone is 1. The van der Waals surface area contributed by atoms with E-state index < -0.39 is 0 Å². The van der Waals surface area contributed by atoms with E-state index in [4.69, 9.17) is 5.73 Å². The van der Waals surface area contributed by atoms with Crippen molar-refractivity contribution in [2.24, 2.45) is 4.99 Å². The first-order valence-corrected chi connectivity index (χ1v) is 8.95. The van der Waals surface area contributed by atoms with E-state index in [-0.39, 0.29) is 5.91 Å². The molecule has 0 aliphatic carbocycles. The Hall–Kier alpha value is -2.38. The Morgan fingerprint density at radius 1 is 1.50 bits per heavy atom. The van der Waals surface area contributed by atoms with Gasteiger partial charge in [-0.3, -0.25) is 9.69 Å². The predicted molar refractivity (Wildman–Crippen MR) is 102 cm³/mol. The number of aromatic nitrogens is 1. The Morgan fingerprint density at radius 2 is 2.33 bits per heavy atom. The number of thiazole rings is 1. The maximum absolute atomic E-state index is 12.8. The van der Waals surface area contributed by atoms with Gasteiger partial charge in [0.1, 0.15) is 0 Å². The summed E-state index contributed by atoms with van der Waals surface area (Å²) >= 11 is 2.79. The second kappa shape index (κ2) is 7.02. The van der Waals surface area contributed by atoms with Crippen molar-refractivity contribution in [3.8, 4) is 0 Å². The molecule has 1 amide bonds. The monoisotopic (exact) mass is 356 g/mol. The van der Waals surface area contributed by atoms with E-state index in [9.17, 15) is 4.79 Å². The highest BCUT2D eigenvalue weighted by Crippen LogP contribution is 2.38. The topological polar surface area (TPSA) is 71.6 Å². The number of nitrogens with two attached hydrogens (primary N) is 1. The molecule has 0 saturated carbocycles. The highest BCUT2D eigenvalue weighted by molar-refractivity contribution is 8.18. The van der Waals surface area contributed by atoms with E-state index in [1.807, 2.05) is 36.6 Å². The minimum absolute atomic E-state index is 0.0740. The van der Waals surface area contributed by atoms with Gasteiger partial charge in [-0.05, 0) is 42.0 Å². The Balaban J connectivity index is 2.02. The lowest BCUT2D eigenvalue weighted by atomic mass is 10.1. The van der Waals surface area contributed by atoms with E-state index in [0.29, 0.717) is 27.4 Å². The van der Waals surface area contributed by atoms with Gasteiger partial charge in [0.15, 0.2) is 5.17 Å². The molecular weight excluding hydrogens is 340 g/mol. The Morgan fingerprint density at radius 3 is 3.00 bits per heavy atom. The first-order valence-electron chi connectivity index (χ1n) is 7.25. The van der Waals surface area contributed by atoms with E-state index in [1.54, 1.807) is 17.2 Å². The molecule has 1 saturated heterocycles. The van der Waals surface area contributed by atoms with Crippen LogP contribution in [0.2, 0.25) is 0 Å². The summed E-state index contributed by atoms with van der Waals surface area (Å²) in [7, 11) is 0. The first kappa shape index (κ1) is 16.5. The average molecular weight is 356 g/mol. The quantitative estimate of drug-likeness (QED) is 0.512. The molecule has 1 aromatic carbocycles. The van der Waals surface area contributed by atoms with Crippen LogP contribution in [0.5, 0.6) is 0 Å². The van der Waals surface area contributed by atoms with Gasteiger partial charge >= 0.3 is 0 Å². The summed E-state index contributed by atoms with van der Waals surface area (Å²) in [5.41, 5.74) is 8.34. The molecule has 24 heavy (non-hydrogen) atoms. The predicted octanol–water partition coefficient (Wildman–Crippen LogP) is 3.91. The van der Waals surface area contributed by atoms with Crippen molar-refractivity contribution in [2.75, 3.05) is 12.3 Å². The van der Waals surface area contributed by atoms with Crippen LogP contribution in [0, 0.1) is 0 Å². The molecule has 1 aromatic heterocycles. The average Bonchev–Trinajstić information content (AvgIpc) is 3.18. The van der Waals surface area contributed by atoms with Crippen molar-refractivity contribution in [2.45, 2.75) is 6.92 Å². The fourth-order valence-corrected chi connectivity index (χ4v) is 3.88. The van der Waals surface area contributed by atoms with Crippen molar-refractivity contribution in [1.82, 2.24) is 9.88 Å². The van der Waals surface area contributed by atoms with Gasteiger partial charge in [0.2, 0.25) is 5.13 Å². The van der Waals surface area contributed by atoms with Crippen molar-refractivity contribution in [1.29, 1.82) is 0 Å². The minimum Gasteiger partial charge on any atom is -0.399 e. The van der Waals surface area contributed by atoms with Crippen molar-refractivity contribution in [3.05, 3.63) is 59.0 Å². The summed E-state index contributed by atoms with van der Waals surface area (Å²) in [6.07, 6.45) is 3.38. The number of carbonyl (C=O) groups excluding carboxylic acids is 1. The number of nitrogen functional groups attached to an aromatic ring is 1. The van der Waals surface area contributed by atoms with Crippen LogP contribution in [0.4, 0.5) is 10.8 Å². The summed E-state index contributed by atoms with van der Waals surface area (Å²) in [5, 5.41) is 3.10. The van der Waals surface area contributed by atoms with Gasteiger partial charge in [0.25, 0.3) is 5.91 Å². The fourth-order valence-electron chi connectivity index (χ4n) is 2.27. The standard InChI is InChI=1S/C17H16N4OS2/c1-3-8-21-15(22)14(11(2)12-5-4-6-13(18)10-12)24-17(21)20-16-19-7-9-23-16/h3-7,9-10H,1,8,18H2,2H3/b14-11-,20-17+. The van der Waals surface area contributed by atoms with E-state index in [1.165, 1.54) is 23.1 Å². The molecule has 1 fully saturated rings. The second-order valence-electron chi connectivity index (χ2n) is 5.10. The molecule has 0 unspecified atom stereocenters. The van der Waals surface area contributed by atoms with Crippen LogP contribution in [0.15, 0.2) is 58.4 Å². The van der Waals surface area contributed by atoms with Crippen molar-refractivity contribution < 1.29 is 4.79 Å². The van der Waals surface area contributed by atoms with Crippen LogP contribution in [0.25, 0.3) is 5.57 Å². The zero-order valence-electron chi connectivity index (χ0n) is 13.1. The molecule has 0 spiro atoms. The largest absolute Gasteiger partial charge is 0.399 e. The molecule has 0 atom stereocenters. The van der Waals surface area contributed by atoms with Gasteiger partial charge in [0, 0.05) is 23.8 Å². The lowest BCUT2D eigenvalue weighted by Crippen LogP contribution is -2.29. The zero-order valence-corrected chi connectivity index (χ0v) is 14.7. The Labute approximate surface area is 148 Å². The summed E-state index contributed by atoms with van der Waals surface area (Å²) in [6, 6.07) is 7.51. The molecule has 2 heterocycles. The summed E-state index contributed by atoms with van der Waals surface area (Å²) < 4.78 is 0.